The average Bonchev–Trinajstić information content (AvgIpc) is 2.49. The van der Waals surface area contributed by atoms with Crippen LogP contribution in [0.1, 0.15) is 37.4 Å². The van der Waals surface area contributed by atoms with E-state index in [1.54, 1.807) is 6.07 Å². The number of hydrogen-bond donors (Lipinski definition) is 0. The summed E-state index contributed by atoms with van der Waals surface area (Å²) in [5.41, 5.74) is 0. The molecular formula is C11H16ClNOS. The van der Waals surface area contributed by atoms with Crippen molar-refractivity contribution >= 4 is 28.8 Å². The number of carbonyl (C=O) groups excluding carboxylic acids is 1. The van der Waals surface area contributed by atoms with Crippen LogP contribution in [-0.2, 0) is 0 Å². The predicted octanol–water partition coefficient (Wildman–Crippen LogP) is 3.66. The number of hydrogen-bond acceptors (Lipinski definition) is 2. The predicted molar refractivity (Wildman–Crippen MR) is 65.8 cm³/mol. The minimum absolute atomic E-state index is 0.0278. The highest BCUT2D eigenvalue weighted by atomic mass is 35.5. The molecule has 1 rings (SSSR count). The second-order valence-corrected chi connectivity index (χ2v) is 5.32. The lowest BCUT2D eigenvalue weighted by atomic mass is 10.2. The van der Waals surface area contributed by atoms with E-state index in [1.165, 1.54) is 11.3 Å². The molecule has 2 nitrogen and oxygen atoms in total. The first kappa shape index (κ1) is 12.5. The van der Waals surface area contributed by atoms with Crippen LogP contribution in [0, 0.1) is 0 Å². The monoisotopic (exact) mass is 245 g/mol. The molecule has 0 aliphatic rings. The third-order valence-corrected chi connectivity index (χ3v) is 3.49. The molecule has 0 saturated heterocycles. The van der Waals surface area contributed by atoms with Gasteiger partial charge in [-0.3, -0.25) is 4.79 Å². The molecule has 1 heterocycles. The molecule has 0 bridgehead atoms. The standard InChI is InChI=1S/C11H16ClNOS/c1-7(2)13(8(3)4)11(14)10-9(12)5-6-15-10/h5-8H,1-4H3. The van der Waals surface area contributed by atoms with Crippen LogP contribution < -0.4 is 0 Å². The Kier molecular flexibility index (Phi) is 4.17. The van der Waals surface area contributed by atoms with Crippen molar-refractivity contribution in [2.75, 3.05) is 0 Å². The Morgan fingerprint density at radius 3 is 2.20 bits per heavy atom. The summed E-state index contributed by atoms with van der Waals surface area (Å²) in [5.74, 6) is 0.0278. The zero-order valence-corrected chi connectivity index (χ0v) is 11.0. The molecule has 0 radical (unpaired) electrons. The van der Waals surface area contributed by atoms with Crippen LogP contribution in [0.15, 0.2) is 11.4 Å². The maximum atomic E-state index is 12.2. The Labute approximate surface area is 99.9 Å². The molecule has 0 fully saturated rings. The van der Waals surface area contributed by atoms with E-state index < -0.39 is 0 Å². The maximum absolute atomic E-state index is 12.2. The van der Waals surface area contributed by atoms with Gasteiger partial charge in [0.25, 0.3) is 5.91 Å². The van der Waals surface area contributed by atoms with E-state index in [1.807, 2.05) is 38.0 Å². The van der Waals surface area contributed by atoms with Crippen LogP contribution in [0.4, 0.5) is 0 Å². The van der Waals surface area contributed by atoms with Crippen LogP contribution in [0.2, 0.25) is 5.02 Å². The first-order valence-electron chi connectivity index (χ1n) is 5.00. The van der Waals surface area contributed by atoms with Crippen molar-refractivity contribution in [3.8, 4) is 0 Å². The summed E-state index contributed by atoms with van der Waals surface area (Å²) >= 11 is 7.35. The van der Waals surface area contributed by atoms with E-state index >= 15 is 0 Å². The molecule has 0 aliphatic carbocycles. The van der Waals surface area contributed by atoms with Gasteiger partial charge >= 0.3 is 0 Å². The molecule has 0 spiro atoms. The van der Waals surface area contributed by atoms with Gasteiger partial charge in [-0.2, -0.15) is 0 Å². The maximum Gasteiger partial charge on any atom is 0.265 e. The molecule has 0 unspecified atom stereocenters. The van der Waals surface area contributed by atoms with E-state index in [0.717, 1.165) is 0 Å². The van der Waals surface area contributed by atoms with Gasteiger partial charge in [-0.05, 0) is 39.1 Å². The minimum atomic E-state index is 0.0278. The van der Waals surface area contributed by atoms with Gasteiger partial charge in [0.05, 0.1) is 5.02 Å². The molecular weight excluding hydrogens is 230 g/mol. The van der Waals surface area contributed by atoms with Crippen molar-refractivity contribution < 1.29 is 4.79 Å². The van der Waals surface area contributed by atoms with Crippen LogP contribution in [-0.4, -0.2) is 22.9 Å². The Hall–Kier alpha value is -0.540. The topological polar surface area (TPSA) is 20.3 Å². The Morgan fingerprint density at radius 1 is 1.33 bits per heavy atom. The number of halogens is 1. The molecule has 0 atom stereocenters. The van der Waals surface area contributed by atoms with Gasteiger partial charge in [0.2, 0.25) is 0 Å². The SMILES string of the molecule is CC(C)N(C(=O)c1sccc1Cl)C(C)C. The minimum Gasteiger partial charge on any atom is -0.333 e. The Morgan fingerprint density at radius 2 is 1.87 bits per heavy atom. The van der Waals surface area contributed by atoms with E-state index in [9.17, 15) is 4.79 Å². The summed E-state index contributed by atoms with van der Waals surface area (Å²) in [6, 6.07) is 2.14. The van der Waals surface area contributed by atoms with E-state index in [-0.39, 0.29) is 18.0 Å². The number of nitrogens with zero attached hydrogens (tertiary/aromatic N) is 1. The lowest BCUT2D eigenvalue weighted by Gasteiger charge is -2.30. The number of thiophene rings is 1. The van der Waals surface area contributed by atoms with Crippen molar-refractivity contribution in [3.05, 3.63) is 21.3 Å². The Bertz CT molecular complexity index is 338. The molecule has 0 aromatic carbocycles. The highest BCUT2D eigenvalue weighted by Gasteiger charge is 2.24. The van der Waals surface area contributed by atoms with Crippen molar-refractivity contribution in [2.45, 2.75) is 39.8 Å². The van der Waals surface area contributed by atoms with Crippen LogP contribution in [0.3, 0.4) is 0 Å². The molecule has 0 aliphatic heterocycles. The van der Waals surface area contributed by atoms with Crippen molar-refractivity contribution in [2.24, 2.45) is 0 Å². The normalized spacial score (nSPS) is 11.1. The summed E-state index contributed by atoms with van der Waals surface area (Å²) in [6.07, 6.45) is 0. The molecule has 0 saturated carbocycles. The summed E-state index contributed by atoms with van der Waals surface area (Å²) in [5, 5.41) is 2.39. The van der Waals surface area contributed by atoms with E-state index in [4.69, 9.17) is 11.6 Å². The average molecular weight is 246 g/mol. The van der Waals surface area contributed by atoms with Crippen LogP contribution in [0.25, 0.3) is 0 Å². The largest absolute Gasteiger partial charge is 0.333 e. The molecule has 1 amide bonds. The summed E-state index contributed by atoms with van der Waals surface area (Å²) in [7, 11) is 0. The third-order valence-electron chi connectivity index (χ3n) is 2.16. The van der Waals surface area contributed by atoms with Gasteiger partial charge in [0.15, 0.2) is 0 Å². The number of carbonyl (C=O) groups is 1. The zero-order valence-electron chi connectivity index (χ0n) is 9.45. The molecule has 4 heteroatoms. The highest BCUT2D eigenvalue weighted by molar-refractivity contribution is 7.12. The van der Waals surface area contributed by atoms with Gasteiger partial charge in [-0.15, -0.1) is 11.3 Å². The van der Waals surface area contributed by atoms with Crippen molar-refractivity contribution in [1.82, 2.24) is 4.90 Å². The quantitative estimate of drug-likeness (QED) is 0.796. The second-order valence-electron chi connectivity index (χ2n) is 4.00. The van der Waals surface area contributed by atoms with Crippen molar-refractivity contribution in [1.29, 1.82) is 0 Å². The van der Waals surface area contributed by atoms with Crippen LogP contribution >= 0.6 is 22.9 Å². The highest BCUT2D eigenvalue weighted by Crippen LogP contribution is 2.25. The number of rotatable bonds is 3. The van der Waals surface area contributed by atoms with E-state index in [0.29, 0.717) is 9.90 Å². The lowest BCUT2D eigenvalue weighted by molar-refractivity contribution is 0.0649. The summed E-state index contributed by atoms with van der Waals surface area (Å²) in [4.78, 5) is 14.6. The van der Waals surface area contributed by atoms with E-state index in [2.05, 4.69) is 0 Å². The molecule has 15 heavy (non-hydrogen) atoms. The first-order valence-corrected chi connectivity index (χ1v) is 6.26. The summed E-state index contributed by atoms with van der Waals surface area (Å²) in [6.45, 7) is 8.05. The second kappa shape index (κ2) is 4.99. The fourth-order valence-electron chi connectivity index (χ4n) is 1.63. The molecule has 1 aromatic rings. The fourth-order valence-corrected chi connectivity index (χ4v) is 2.71. The lowest BCUT2D eigenvalue weighted by Crippen LogP contribution is -2.41. The van der Waals surface area contributed by atoms with Crippen LogP contribution in [0.5, 0.6) is 0 Å². The fraction of sp³-hybridized carbons (Fsp3) is 0.545. The van der Waals surface area contributed by atoms with Gasteiger partial charge in [0.1, 0.15) is 4.88 Å². The Balaban J connectivity index is 2.96. The zero-order chi connectivity index (χ0) is 11.6. The van der Waals surface area contributed by atoms with Gasteiger partial charge in [-0.1, -0.05) is 11.6 Å². The smallest absolute Gasteiger partial charge is 0.265 e. The number of amides is 1. The van der Waals surface area contributed by atoms with Crippen molar-refractivity contribution in [3.63, 3.8) is 0 Å². The molecule has 1 aromatic heterocycles. The third kappa shape index (κ3) is 2.73. The first-order chi connectivity index (χ1) is 6.95. The summed E-state index contributed by atoms with van der Waals surface area (Å²) < 4.78 is 0. The molecule has 0 N–H and O–H groups in total. The molecule has 84 valence electrons. The van der Waals surface area contributed by atoms with Gasteiger partial charge < -0.3 is 4.90 Å². The van der Waals surface area contributed by atoms with Gasteiger partial charge in [0, 0.05) is 12.1 Å². The van der Waals surface area contributed by atoms with Gasteiger partial charge in [-0.25, -0.2) is 0 Å².